The van der Waals surface area contributed by atoms with Gasteiger partial charge in [0.15, 0.2) is 0 Å². The van der Waals surface area contributed by atoms with Crippen LogP contribution in [-0.4, -0.2) is 11.8 Å². The van der Waals surface area contributed by atoms with Gasteiger partial charge in [0.1, 0.15) is 5.82 Å². The fourth-order valence-electron chi connectivity index (χ4n) is 2.10. The van der Waals surface area contributed by atoms with Gasteiger partial charge in [0.25, 0.3) is 0 Å². The number of aryl methyl sites for hydroxylation is 1. The maximum atomic E-state index is 13.1. The summed E-state index contributed by atoms with van der Waals surface area (Å²) in [4.78, 5) is 23.3. The molecular formula is C18H19FN2O2. The van der Waals surface area contributed by atoms with Crippen LogP contribution in [0.15, 0.2) is 48.5 Å². The van der Waals surface area contributed by atoms with E-state index in [0.29, 0.717) is 24.2 Å². The monoisotopic (exact) mass is 314 g/mol. The molecule has 120 valence electrons. The van der Waals surface area contributed by atoms with Crippen molar-refractivity contribution in [3.8, 4) is 0 Å². The Hall–Kier alpha value is -2.69. The molecule has 0 aliphatic heterocycles. The summed E-state index contributed by atoms with van der Waals surface area (Å²) in [6.07, 6.45) is 1.12. The van der Waals surface area contributed by atoms with E-state index in [9.17, 15) is 14.0 Å². The van der Waals surface area contributed by atoms with Crippen molar-refractivity contribution in [2.45, 2.75) is 26.2 Å². The van der Waals surface area contributed by atoms with Crippen molar-refractivity contribution in [1.82, 2.24) is 0 Å². The lowest BCUT2D eigenvalue weighted by Gasteiger charge is -2.08. The van der Waals surface area contributed by atoms with Crippen LogP contribution in [0.25, 0.3) is 0 Å². The third-order valence-electron chi connectivity index (χ3n) is 3.28. The van der Waals surface area contributed by atoms with Crippen LogP contribution in [-0.2, 0) is 16.0 Å². The topological polar surface area (TPSA) is 58.2 Å². The summed E-state index contributed by atoms with van der Waals surface area (Å²) in [5.41, 5.74) is 2.03. The normalized spacial score (nSPS) is 10.2. The van der Waals surface area contributed by atoms with E-state index in [1.165, 1.54) is 12.1 Å². The number of carbonyl (C=O) groups is 2. The lowest BCUT2D eigenvalue weighted by molar-refractivity contribution is -0.116. The summed E-state index contributed by atoms with van der Waals surface area (Å²) in [6.45, 7) is 1.77. The Labute approximate surface area is 134 Å². The van der Waals surface area contributed by atoms with E-state index < -0.39 is 0 Å². The Morgan fingerprint density at radius 3 is 2.26 bits per heavy atom. The molecule has 0 heterocycles. The number of rotatable bonds is 6. The zero-order chi connectivity index (χ0) is 16.7. The molecule has 0 unspecified atom stereocenters. The highest BCUT2D eigenvalue weighted by atomic mass is 19.1. The second-order valence-electron chi connectivity index (χ2n) is 5.16. The fourth-order valence-corrected chi connectivity index (χ4v) is 2.10. The Bertz CT molecular complexity index is 701. The number of anilines is 2. The van der Waals surface area contributed by atoms with Crippen LogP contribution in [0, 0.1) is 5.82 Å². The predicted molar refractivity (Wildman–Crippen MR) is 88.7 cm³/mol. The van der Waals surface area contributed by atoms with Crippen molar-refractivity contribution < 1.29 is 14.0 Å². The zero-order valence-electron chi connectivity index (χ0n) is 12.9. The van der Waals surface area contributed by atoms with Crippen molar-refractivity contribution in [1.29, 1.82) is 0 Å². The van der Waals surface area contributed by atoms with E-state index >= 15 is 0 Å². The summed E-state index contributed by atoms with van der Waals surface area (Å²) >= 11 is 0. The molecule has 2 amide bonds. The molecule has 2 rings (SSSR count). The molecule has 0 bridgehead atoms. The first-order valence-corrected chi connectivity index (χ1v) is 7.51. The molecule has 2 aromatic rings. The summed E-state index contributed by atoms with van der Waals surface area (Å²) in [5.74, 6) is -0.546. The first-order chi connectivity index (χ1) is 11.1. The molecule has 0 aliphatic rings. The van der Waals surface area contributed by atoms with Gasteiger partial charge in [0.2, 0.25) is 11.8 Å². The Kier molecular flexibility index (Phi) is 5.86. The number of benzene rings is 2. The Morgan fingerprint density at radius 2 is 1.61 bits per heavy atom. The van der Waals surface area contributed by atoms with Gasteiger partial charge in [-0.05, 0) is 42.3 Å². The number of hydrogen-bond donors (Lipinski definition) is 2. The molecule has 0 fully saturated rings. The maximum absolute atomic E-state index is 13.1. The third kappa shape index (κ3) is 5.54. The molecule has 0 aromatic heterocycles. The molecule has 0 saturated carbocycles. The molecule has 2 N–H and O–H groups in total. The number of carbonyl (C=O) groups excluding carboxylic acids is 2. The van der Waals surface area contributed by atoms with Crippen molar-refractivity contribution in [2.75, 3.05) is 10.6 Å². The molecular weight excluding hydrogens is 295 g/mol. The third-order valence-corrected chi connectivity index (χ3v) is 3.28. The van der Waals surface area contributed by atoms with Gasteiger partial charge in [0, 0.05) is 24.2 Å². The molecule has 23 heavy (non-hydrogen) atoms. The summed E-state index contributed by atoms with van der Waals surface area (Å²) in [7, 11) is 0. The molecule has 0 aliphatic carbocycles. The van der Waals surface area contributed by atoms with E-state index in [1.54, 1.807) is 43.3 Å². The van der Waals surface area contributed by atoms with Crippen molar-refractivity contribution in [3.63, 3.8) is 0 Å². The first-order valence-electron chi connectivity index (χ1n) is 7.51. The Morgan fingerprint density at radius 1 is 0.957 bits per heavy atom. The number of halogens is 1. The number of hydrogen-bond acceptors (Lipinski definition) is 2. The van der Waals surface area contributed by atoms with Crippen LogP contribution in [0.4, 0.5) is 15.8 Å². The largest absolute Gasteiger partial charge is 0.326 e. The van der Waals surface area contributed by atoms with Gasteiger partial charge in [-0.15, -0.1) is 0 Å². The minimum atomic E-state index is -0.303. The van der Waals surface area contributed by atoms with Crippen molar-refractivity contribution in [2.24, 2.45) is 0 Å². The quantitative estimate of drug-likeness (QED) is 0.853. The van der Waals surface area contributed by atoms with Gasteiger partial charge < -0.3 is 10.6 Å². The second kappa shape index (κ2) is 8.08. The van der Waals surface area contributed by atoms with Gasteiger partial charge in [-0.3, -0.25) is 9.59 Å². The van der Waals surface area contributed by atoms with E-state index in [1.807, 2.05) is 0 Å². The Balaban J connectivity index is 1.90. The molecule has 0 radical (unpaired) electrons. The van der Waals surface area contributed by atoms with Crippen LogP contribution in [0.2, 0.25) is 0 Å². The molecule has 2 aromatic carbocycles. The van der Waals surface area contributed by atoms with Crippen LogP contribution >= 0.6 is 0 Å². The van der Waals surface area contributed by atoms with Gasteiger partial charge >= 0.3 is 0 Å². The fraction of sp³-hybridized carbons (Fsp3) is 0.222. The summed E-state index contributed by atoms with van der Waals surface area (Å²) in [6, 6.07) is 13.2. The lowest BCUT2D eigenvalue weighted by Crippen LogP contribution is -2.13. The van der Waals surface area contributed by atoms with Crippen LogP contribution in [0.5, 0.6) is 0 Å². The van der Waals surface area contributed by atoms with Crippen LogP contribution < -0.4 is 10.6 Å². The highest BCUT2D eigenvalue weighted by Crippen LogP contribution is 2.16. The molecule has 0 saturated heterocycles. The van der Waals surface area contributed by atoms with E-state index in [4.69, 9.17) is 0 Å². The standard InChI is InChI=1S/C18H19FN2O2/c1-2-17(22)20-15-7-4-8-16(12-15)21-18(23)10-9-13-5-3-6-14(19)11-13/h3-8,11-12H,2,9-10H2,1H3,(H,20,22)(H,21,23). The number of nitrogens with one attached hydrogen (secondary N) is 2. The van der Waals surface area contributed by atoms with E-state index in [-0.39, 0.29) is 24.1 Å². The first kappa shape index (κ1) is 16.7. The molecule has 0 atom stereocenters. The zero-order valence-corrected chi connectivity index (χ0v) is 12.9. The molecule has 4 nitrogen and oxygen atoms in total. The minimum Gasteiger partial charge on any atom is -0.326 e. The minimum absolute atomic E-state index is 0.0837. The smallest absolute Gasteiger partial charge is 0.224 e. The van der Waals surface area contributed by atoms with Crippen molar-refractivity contribution >= 4 is 23.2 Å². The average Bonchev–Trinajstić information content (AvgIpc) is 2.53. The van der Waals surface area contributed by atoms with Gasteiger partial charge in [-0.1, -0.05) is 25.1 Å². The van der Waals surface area contributed by atoms with E-state index in [2.05, 4.69) is 10.6 Å². The average molecular weight is 314 g/mol. The van der Waals surface area contributed by atoms with Crippen LogP contribution in [0.1, 0.15) is 25.3 Å². The second-order valence-corrected chi connectivity index (χ2v) is 5.16. The van der Waals surface area contributed by atoms with Crippen molar-refractivity contribution in [3.05, 3.63) is 59.9 Å². The van der Waals surface area contributed by atoms with Crippen LogP contribution in [0.3, 0.4) is 0 Å². The highest BCUT2D eigenvalue weighted by Gasteiger charge is 2.05. The molecule has 5 heteroatoms. The van der Waals surface area contributed by atoms with E-state index in [0.717, 1.165) is 5.56 Å². The number of amides is 2. The van der Waals surface area contributed by atoms with Gasteiger partial charge in [0.05, 0.1) is 0 Å². The van der Waals surface area contributed by atoms with Gasteiger partial charge in [-0.25, -0.2) is 4.39 Å². The molecule has 0 spiro atoms. The predicted octanol–water partition coefficient (Wildman–Crippen LogP) is 3.75. The maximum Gasteiger partial charge on any atom is 0.224 e. The summed E-state index contributed by atoms with van der Waals surface area (Å²) < 4.78 is 13.1. The van der Waals surface area contributed by atoms with Gasteiger partial charge in [-0.2, -0.15) is 0 Å². The highest BCUT2D eigenvalue weighted by molar-refractivity contribution is 5.94. The summed E-state index contributed by atoms with van der Waals surface area (Å²) in [5, 5.41) is 5.51. The SMILES string of the molecule is CCC(=O)Nc1cccc(NC(=O)CCc2cccc(F)c2)c1. The lowest BCUT2D eigenvalue weighted by atomic mass is 10.1.